The molecule has 19 heavy (non-hydrogen) atoms. The largest absolute Gasteiger partial charge is 0.369 e. The zero-order valence-electron chi connectivity index (χ0n) is 12.7. The van der Waals surface area contributed by atoms with E-state index in [-0.39, 0.29) is 0 Å². The van der Waals surface area contributed by atoms with Crippen LogP contribution in [0, 0.1) is 0 Å². The van der Waals surface area contributed by atoms with E-state index in [2.05, 4.69) is 55.3 Å². The maximum atomic E-state index is 3.62. The number of nitrogens with zero attached hydrogens (tertiary/aromatic N) is 1. The molecule has 1 fully saturated rings. The maximum absolute atomic E-state index is 3.62. The standard InChI is InChI=1S/C17H28N2/c1-4-13-18-17(5-2)14-7-9-15(10-8-14)19(6-3)16-11-12-16/h7-10,16-18H,4-6,11-13H2,1-3H3. The van der Waals surface area contributed by atoms with E-state index in [1.807, 2.05) is 0 Å². The molecule has 0 heterocycles. The summed E-state index contributed by atoms with van der Waals surface area (Å²) in [6, 6.07) is 10.5. The van der Waals surface area contributed by atoms with Crippen LogP contribution >= 0.6 is 0 Å². The summed E-state index contributed by atoms with van der Waals surface area (Å²) in [6.07, 6.45) is 5.08. The van der Waals surface area contributed by atoms with Gasteiger partial charge in [0.1, 0.15) is 0 Å². The van der Waals surface area contributed by atoms with Crippen molar-refractivity contribution in [2.24, 2.45) is 0 Å². The summed E-state index contributed by atoms with van der Waals surface area (Å²) >= 11 is 0. The molecular formula is C17H28N2. The number of benzene rings is 1. The zero-order chi connectivity index (χ0) is 13.7. The van der Waals surface area contributed by atoms with Crippen molar-refractivity contribution in [3.05, 3.63) is 29.8 Å². The summed E-state index contributed by atoms with van der Waals surface area (Å²) in [5.41, 5.74) is 2.81. The average Bonchev–Trinajstić information content (AvgIpc) is 3.27. The molecule has 2 heteroatoms. The third-order valence-corrected chi connectivity index (χ3v) is 4.00. The van der Waals surface area contributed by atoms with Gasteiger partial charge >= 0.3 is 0 Å². The van der Waals surface area contributed by atoms with Crippen molar-refractivity contribution in [2.45, 2.75) is 58.5 Å². The molecule has 2 nitrogen and oxygen atoms in total. The van der Waals surface area contributed by atoms with Crippen LogP contribution in [-0.4, -0.2) is 19.1 Å². The summed E-state index contributed by atoms with van der Waals surface area (Å²) in [4.78, 5) is 2.53. The highest BCUT2D eigenvalue weighted by Crippen LogP contribution is 2.32. The molecule has 1 aliphatic rings. The third-order valence-electron chi connectivity index (χ3n) is 4.00. The topological polar surface area (TPSA) is 15.3 Å². The Morgan fingerprint density at radius 1 is 1.16 bits per heavy atom. The molecule has 1 N–H and O–H groups in total. The lowest BCUT2D eigenvalue weighted by Crippen LogP contribution is -2.25. The van der Waals surface area contributed by atoms with Crippen LogP contribution in [0.1, 0.15) is 58.1 Å². The van der Waals surface area contributed by atoms with Gasteiger partial charge in [0.15, 0.2) is 0 Å². The number of hydrogen-bond donors (Lipinski definition) is 1. The summed E-state index contributed by atoms with van der Waals surface area (Å²) in [6.45, 7) is 8.95. The van der Waals surface area contributed by atoms with Gasteiger partial charge in [-0.15, -0.1) is 0 Å². The average molecular weight is 260 g/mol. The van der Waals surface area contributed by atoms with E-state index in [1.54, 1.807) is 0 Å². The molecule has 0 amide bonds. The Kier molecular flexibility index (Phi) is 5.26. The zero-order valence-corrected chi connectivity index (χ0v) is 12.7. The van der Waals surface area contributed by atoms with Gasteiger partial charge in [-0.1, -0.05) is 26.0 Å². The number of hydrogen-bond acceptors (Lipinski definition) is 2. The second-order valence-electron chi connectivity index (χ2n) is 5.52. The van der Waals surface area contributed by atoms with E-state index in [4.69, 9.17) is 0 Å². The van der Waals surface area contributed by atoms with E-state index in [0.29, 0.717) is 6.04 Å². The summed E-state index contributed by atoms with van der Waals surface area (Å²) in [7, 11) is 0. The summed E-state index contributed by atoms with van der Waals surface area (Å²) in [5.74, 6) is 0. The van der Waals surface area contributed by atoms with E-state index < -0.39 is 0 Å². The SMILES string of the molecule is CCCNC(CC)c1ccc(N(CC)C2CC2)cc1. The lowest BCUT2D eigenvalue weighted by Gasteiger charge is -2.24. The van der Waals surface area contributed by atoms with E-state index in [1.165, 1.54) is 30.5 Å². The normalized spacial score (nSPS) is 16.4. The molecule has 0 aliphatic heterocycles. The van der Waals surface area contributed by atoms with Gasteiger partial charge < -0.3 is 10.2 Å². The number of nitrogens with one attached hydrogen (secondary N) is 1. The Labute approximate surface area is 118 Å². The van der Waals surface area contributed by atoms with Crippen LogP contribution in [0.3, 0.4) is 0 Å². The molecule has 0 aromatic heterocycles. The number of rotatable bonds is 8. The molecule has 0 saturated heterocycles. The highest BCUT2D eigenvalue weighted by Gasteiger charge is 2.27. The fourth-order valence-corrected chi connectivity index (χ4v) is 2.75. The molecule has 106 valence electrons. The van der Waals surface area contributed by atoms with Crippen LogP contribution < -0.4 is 10.2 Å². The molecule has 1 aromatic rings. The van der Waals surface area contributed by atoms with E-state index >= 15 is 0 Å². The van der Waals surface area contributed by atoms with Crippen LogP contribution in [0.15, 0.2) is 24.3 Å². The Balaban J connectivity index is 2.03. The van der Waals surface area contributed by atoms with Crippen LogP contribution in [0.25, 0.3) is 0 Å². The van der Waals surface area contributed by atoms with Gasteiger partial charge in [-0.25, -0.2) is 0 Å². The maximum Gasteiger partial charge on any atom is 0.0368 e. The van der Waals surface area contributed by atoms with Crippen LogP contribution in [0.5, 0.6) is 0 Å². The van der Waals surface area contributed by atoms with Gasteiger partial charge in [0.05, 0.1) is 0 Å². The first-order valence-electron chi connectivity index (χ1n) is 7.90. The predicted octanol–water partition coefficient (Wildman–Crippen LogP) is 4.13. The van der Waals surface area contributed by atoms with Crippen molar-refractivity contribution in [1.82, 2.24) is 5.32 Å². The molecule has 1 unspecified atom stereocenters. The van der Waals surface area contributed by atoms with Gasteiger partial charge in [-0.05, 0) is 56.8 Å². The summed E-state index contributed by atoms with van der Waals surface area (Å²) in [5, 5.41) is 3.62. The highest BCUT2D eigenvalue weighted by atomic mass is 15.2. The van der Waals surface area contributed by atoms with E-state index in [9.17, 15) is 0 Å². The first kappa shape index (κ1) is 14.4. The fraction of sp³-hybridized carbons (Fsp3) is 0.647. The predicted molar refractivity (Wildman–Crippen MR) is 83.8 cm³/mol. The summed E-state index contributed by atoms with van der Waals surface area (Å²) < 4.78 is 0. The molecule has 0 spiro atoms. The Morgan fingerprint density at radius 2 is 1.84 bits per heavy atom. The van der Waals surface area contributed by atoms with Gasteiger partial charge in [0.2, 0.25) is 0 Å². The van der Waals surface area contributed by atoms with Gasteiger partial charge in [0, 0.05) is 24.3 Å². The first-order chi connectivity index (χ1) is 9.30. The Hall–Kier alpha value is -1.02. The van der Waals surface area contributed by atoms with Crippen molar-refractivity contribution in [2.75, 3.05) is 18.0 Å². The molecular weight excluding hydrogens is 232 g/mol. The van der Waals surface area contributed by atoms with Crippen molar-refractivity contribution >= 4 is 5.69 Å². The quantitative estimate of drug-likeness (QED) is 0.756. The van der Waals surface area contributed by atoms with Crippen molar-refractivity contribution in [3.8, 4) is 0 Å². The van der Waals surface area contributed by atoms with Gasteiger partial charge in [0.25, 0.3) is 0 Å². The minimum absolute atomic E-state index is 0.505. The van der Waals surface area contributed by atoms with Gasteiger partial charge in [-0.3, -0.25) is 0 Å². The lowest BCUT2D eigenvalue weighted by molar-refractivity contribution is 0.518. The molecule has 1 saturated carbocycles. The van der Waals surface area contributed by atoms with Crippen LogP contribution in [0.2, 0.25) is 0 Å². The van der Waals surface area contributed by atoms with Crippen LogP contribution in [0.4, 0.5) is 5.69 Å². The molecule has 1 aromatic carbocycles. The van der Waals surface area contributed by atoms with Crippen molar-refractivity contribution in [1.29, 1.82) is 0 Å². The molecule has 1 atom stereocenters. The fourth-order valence-electron chi connectivity index (χ4n) is 2.75. The van der Waals surface area contributed by atoms with E-state index in [0.717, 1.165) is 25.6 Å². The van der Waals surface area contributed by atoms with Crippen LogP contribution in [-0.2, 0) is 0 Å². The minimum atomic E-state index is 0.505. The molecule has 1 aliphatic carbocycles. The highest BCUT2D eigenvalue weighted by molar-refractivity contribution is 5.50. The Morgan fingerprint density at radius 3 is 2.32 bits per heavy atom. The van der Waals surface area contributed by atoms with Gasteiger partial charge in [-0.2, -0.15) is 0 Å². The van der Waals surface area contributed by atoms with Crippen molar-refractivity contribution < 1.29 is 0 Å². The second kappa shape index (κ2) is 6.95. The smallest absolute Gasteiger partial charge is 0.0368 e. The molecule has 2 rings (SSSR count). The molecule has 0 radical (unpaired) electrons. The third kappa shape index (κ3) is 3.73. The first-order valence-corrected chi connectivity index (χ1v) is 7.90. The Bertz CT molecular complexity index is 367. The molecule has 0 bridgehead atoms. The lowest BCUT2D eigenvalue weighted by atomic mass is 10.0. The van der Waals surface area contributed by atoms with Crippen molar-refractivity contribution in [3.63, 3.8) is 0 Å². The number of anilines is 1. The second-order valence-corrected chi connectivity index (χ2v) is 5.52. The minimum Gasteiger partial charge on any atom is -0.369 e. The monoisotopic (exact) mass is 260 g/mol.